The van der Waals surface area contributed by atoms with Gasteiger partial charge in [0.2, 0.25) is 5.95 Å². The number of carbonyl (C=O) groups excluding carboxylic acids is 1. The maximum absolute atomic E-state index is 12.7. The number of piperazine rings is 1. The quantitative estimate of drug-likeness (QED) is 0.518. The standard InChI is InChI=1S/C24H23N5OS/c1-28-12-14-29(15-13-28)23(30)17-6-8-19(9-7-17)26-24-25-11-10-20(27-24)22-16-18-4-2-3-5-21(18)31-22/h2-11,16H,12-15H2,1H3,(H,25,26,27). The molecule has 7 heteroatoms. The molecule has 0 spiro atoms. The minimum Gasteiger partial charge on any atom is -0.336 e. The fraction of sp³-hybridized carbons (Fsp3) is 0.208. The summed E-state index contributed by atoms with van der Waals surface area (Å²) < 4.78 is 1.24. The number of nitrogens with one attached hydrogen (secondary N) is 1. The Hall–Kier alpha value is -3.29. The summed E-state index contributed by atoms with van der Waals surface area (Å²) in [6.07, 6.45) is 1.76. The molecule has 1 aliphatic heterocycles. The van der Waals surface area contributed by atoms with Gasteiger partial charge < -0.3 is 15.1 Å². The van der Waals surface area contributed by atoms with E-state index in [0.29, 0.717) is 11.5 Å². The van der Waals surface area contributed by atoms with Crippen LogP contribution in [0, 0.1) is 0 Å². The van der Waals surface area contributed by atoms with Gasteiger partial charge in [-0.1, -0.05) is 18.2 Å². The predicted octanol–water partition coefficient (Wildman–Crippen LogP) is 4.49. The maximum Gasteiger partial charge on any atom is 0.253 e. The SMILES string of the molecule is CN1CCN(C(=O)c2ccc(Nc3nccc(-c4cc5ccccc5s4)n3)cc2)CC1. The average molecular weight is 430 g/mol. The first-order valence-corrected chi connectivity index (χ1v) is 11.1. The van der Waals surface area contributed by atoms with Crippen molar-refractivity contribution in [2.75, 3.05) is 38.5 Å². The van der Waals surface area contributed by atoms with Crippen molar-refractivity contribution < 1.29 is 4.79 Å². The second-order valence-electron chi connectivity index (χ2n) is 7.71. The highest BCUT2D eigenvalue weighted by Gasteiger charge is 2.20. The number of hydrogen-bond donors (Lipinski definition) is 1. The Balaban J connectivity index is 1.30. The summed E-state index contributed by atoms with van der Waals surface area (Å²) in [5.74, 6) is 0.621. The van der Waals surface area contributed by atoms with E-state index in [-0.39, 0.29) is 5.91 Å². The third-order valence-corrected chi connectivity index (χ3v) is 6.65. The van der Waals surface area contributed by atoms with Crippen LogP contribution in [0.3, 0.4) is 0 Å². The van der Waals surface area contributed by atoms with Crippen LogP contribution in [0.5, 0.6) is 0 Å². The zero-order valence-corrected chi connectivity index (χ0v) is 18.1. The second-order valence-corrected chi connectivity index (χ2v) is 8.80. The molecule has 1 amide bonds. The van der Waals surface area contributed by atoms with Gasteiger partial charge in [-0.05, 0) is 54.9 Å². The zero-order chi connectivity index (χ0) is 21.2. The average Bonchev–Trinajstić information content (AvgIpc) is 3.24. The van der Waals surface area contributed by atoms with Gasteiger partial charge >= 0.3 is 0 Å². The minimum absolute atomic E-state index is 0.0858. The lowest BCUT2D eigenvalue weighted by molar-refractivity contribution is 0.0664. The second kappa shape index (κ2) is 8.45. The van der Waals surface area contributed by atoms with Crippen LogP contribution < -0.4 is 5.32 Å². The first kappa shape index (κ1) is 19.7. The largest absolute Gasteiger partial charge is 0.336 e. The fourth-order valence-corrected chi connectivity index (χ4v) is 4.71. The molecular formula is C24H23N5OS. The number of aromatic nitrogens is 2. The summed E-state index contributed by atoms with van der Waals surface area (Å²) in [4.78, 5) is 27.0. The Morgan fingerprint density at radius 3 is 2.55 bits per heavy atom. The van der Waals surface area contributed by atoms with Crippen LogP contribution in [0.2, 0.25) is 0 Å². The third-order valence-electron chi connectivity index (χ3n) is 5.51. The molecule has 0 radical (unpaired) electrons. The summed E-state index contributed by atoms with van der Waals surface area (Å²) in [5.41, 5.74) is 2.44. The van der Waals surface area contributed by atoms with E-state index in [0.717, 1.165) is 42.4 Å². The molecule has 156 valence electrons. The molecule has 1 aliphatic rings. The summed E-state index contributed by atoms with van der Waals surface area (Å²) >= 11 is 1.72. The zero-order valence-electron chi connectivity index (χ0n) is 17.3. The van der Waals surface area contributed by atoms with E-state index in [1.165, 1.54) is 10.1 Å². The summed E-state index contributed by atoms with van der Waals surface area (Å²) in [6, 6.07) is 19.9. The number of carbonyl (C=O) groups is 1. The Morgan fingerprint density at radius 1 is 1.00 bits per heavy atom. The van der Waals surface area contributed by atoms with Crippen molar-refractivity contribution in [3.8, 4) is 10.6 Å². The van der Waals surface area contributed by atoms with Crippen molar-refractivity contribution in [3.63, 3.8) is 0 Å². The van der Waals surface area contributed by atoms with Crippen molar-refractivity contribution in [2.24, 2.45) is 0 Å². The smallest absolute Gasteiger partial charge is 0.253 e. The van der Waals surface area contributed by atoms with Crippen molar-refractivity contribution in [3.05, 3.63) is 72.4 Å². The number of fused-ring (bicyclic) bond motifs is 1. The number of nitrogens with zero attached hydrogens (tertiary/aromatic N) is 4. The first-order chi connectivity index (χ1) is 15.2. The van der Waals surface area contributed by atoms with Crippen LogP contribution in [0.1, 0.15) is 10.4 Å². The van der Waals surface area contributed by atoms with E-state index in [4.69, 9.17) is 0 Å². The molecule has 6 nitrogen and oxygen atoms in total. The highest BCUT2D eigenvalue weighted by molar-refractivity contribution is 7.22. The van der Waals surface area contributed by atoms with Crippen molar-refractivity contribution in [1.29, 1.82) is 0 Å². The van der Waals surface area contributed by atoms with E-state index in [2.05, 4.69) is 45.4 Å². The molecular weight excluding hydrogens is 406 g/mol. The van der Waals surface area contributed by atoms with E-state index in [1.54, 1.807) is 17.5 Å². The molecule has 0 unspecified atom stereocenters. The Bertz CT molecular complexity index is 1180. The number of hydrogen-bond acceptors (Lipinski definition) is 6. The van der Waals surface area contributed by atoms with E-state index in [9.17, 15) is 4.79 Å². The van der Waals surface area contributed by atoms with Crippen LogP contribution in [0.15, 0.2) is 66.9 Å². The van der Waals surface area contributed by atoms with E-state index in [1.807, 2.05) is 47.4 Å². The molecule has 1 fully saturated rings. The number of anilines is 2. The summed E-state index contributed by atoms with van der Waals surface area (Å²) in [6.45, 7) is 3.37. The van der Waals surface area contributed by atoms with Crippen molar-refractivity contribution in [2.45, 2.75) is 0 Å². The molecule has 0 bridgehead atoms. The molecule has 2 aromatic carbocycles. The van der Waals surface area contributed by atoms with Crippen LogP contribution in [0.25, 0.3) is 20.7 Å². The summed E-state index contributed by atoms with van der Waals surface area (Å²) in [7, 11) is 2.08. The van der Waals surface area contributed by atoms with Crippen molar-refractivity contribution in [1.82, 2.24) is 19.8 Å². The Morgan fingerprint density at radius 2 is 1.77 bits per heavy atom. The molecule has 1 saturated heterocycles. The predicted molar refractivity (Wildman–Crippen MR) is 126 cm³/mol. The van der Waals surface area contributed by atoms with Gasteiger partial charge in [0.05, 0.1) is 10.6 Å². The first-order valence-electron chi connectivity index (χ1n) is 10.3. The lowest BCUT2D eigenvalue weighted by atomic mass is 10.1. The van der Waals surface area contributed by atoms with Gasteiger partial charge in [-0.15, -0.1) is 11.3 Å². The lowest BCUT2D eigenvalue weighted by Gasteiger charge is -2.32. The third kappa shape index (κ3) is 4.28. The van der Waals surface area contributed by atoms with Crippen LogP contribution in [0.4, 0.5) is 11.6 Å². The number of amides is 1. The molecule has 31 heavy (non-hydrogen) atoms. The Labute approximate surface area is 185 Å². The van der Waals surface area contributed by atoms with Gasteiger partial charge in [0, 0.05) is 48.3 Å². The molecule has 5 rings (SSSR count). The molecule has 0 atom stereocenters. The number of benzene rings is 2. The van der Waals surface area contributed by atoms with Crippen LogP contribution in [-0.4, -0.2) is 58.9 Å². The van der Waals surface area contributed by atoms with Gasteiger partial charge in [-0.25, -0.2) is 9.97 Å². The number of rotatable bonds is 4. The van der Waals surface area contributed by atoms with Crippen molar-refractivity contribution >= 4 is 39.0 Å². The number of thiophene rings is 1. The van der Waals surface area contributed by atoms with E-state index < -0.39 is 0 Å². The van der Waals surface area contributed by atoms with Gasteiger partial charge in [-0.3, -0.25) is 4.79 Å². The molecule has 3 heterocycles. The molecule has 4 aromatic rings. The normalized spacial score (nSPS) is 14.7. The van der Waals surface area contributed by atoms with Gasteiger partial charge in [-0.2, -0.15) is 0 Å². The van der Waals surface area contributed by atoms with Gasteiger partial charge in [0.25, 0.3) is 5.91 Å². The summed E-state index contributed by atoms with van der Waals surface area (Å²) in [5, 5.41) is 4.47. The molecule has 0 saturated carbocycles. The molecule has 0 aliphatic carbocycles. The fourth-order valence-electron chi connectivity index (χ4n) is 3.68. The van der Waals surface area contributed by atoms with Crippen LogP contribution >= 0.6 is 11.3 Å². The van der Waals surface area contributed by atoms with Gasteiger partial charge in [0.1, 0.15) is 0 Å². The minimum atomic E-state index is 0.0858. The molecule has 2 aromatic heterocycles. The van der Waals surface area contributed by atoms with Gasteiger partial charge in [0.15, 0.2) is 0 Å². The molecule has 1 N–H and O–H groups in total. The topological polar surface area (TPSA) is 61.4 Å². The Kier molecular flexibility index (Phi) is 5.36. The lowest BCUT2D eigenvalue weighted by Crippen LogP contribution is -2.47. The monoisotopic (exact) mass is 429 g/mol. The highest BCUT2D eigenvalue weighted by Crippen LogP contribution is 2.32. The highest BCUT2D eigenvalue weighted by atomic mass is 32.1. The maximum atomic E-state index is 12.7. The van der Waals surface area contributed by atoms with E-state index >= 15 is 0 Å². The van der Waals surface area contributed by atoms with Crippen LogP contribution in [-0.2, 0) is 0 Å². The number of likely N-dealkylation sites (N-methyl/N-ethyl adjacent to an activating group) is 1.